The van der Waals surface area contributed by atoms with Crippen LogP contribution in [0.5, 0.6) is 5.75 Å². The molecule has 0 saturated heterocycles. The van der Waals surface area contributed by atoms with E-state index < -0.39 is 28.8 Å². The number of hydrogen-bond acceptors (Lipinski definition) is 4. The molecule has 0 bridgehead atoms. The Balaban J connectivity index is 2.32. The predicted octanol–water partition coefficient (Wildman–Crippen LogP) is 3.89. The smallest absolute Gasteiger partial charge is 0.416 e. The molecule has 0 fully saturated rings. The summed E-state index contributed by atoms with van der Waals surface area (Å²) in [5, 5.41) is 13.2. The van der Waals surface area contributed by atoms with Crippen LogP contribution in [0.2, 0.25) is 0 Å². The molecule has 146 valence electrons. The van der Waals surface area contributed by atoms with E-state index in [0.717, 1.165) is 28.9 Å². The zero-order valence-corrected chi connectivity index (χ0v) is 14.8. The Morgan fingerprint density at radius 2 is 1.79 bits per heavy atom. The van der Waals surface area contributed by atoms with E-state index in [1.54, 1.807) is 19.9 Å². The molecule has 1 aromatic heterocycles. The first-order chi connectivity index (χ1) is 13.1. The number of aromatic carboxylic acids is 1. The zero-order chi connectivity index (χ0) is 20.6. The maximum Gasteiger partial charge on any atom is 0.416 e. The van der Waals surface area contributed by atoms with Crippen molar-refractivity contribution in [2.45, 2.75) is 26.1 Å². The van der Waals surface area contributed by atoms with E-state index >= 15 is 0 Å². The number of hydrogen-bond donors (Lipinski definition) is 1. The van der Waals surface area contributed by atoms with Crippen LogP contribution < -0.4 is 10.2 Å². The lowest BCUT2D eigenvalue weighted by Crippen LogP contribution is -2.23. The molecule has 0 aliphatic rings. The molecule has 3 rings (SSSR count). The monoisotopic (exact) mass is 392 g/mol. The molecule has 6 nitrogen and oxygen atoms in total. The minimum Gasteiger partial charge on any atom is -0.490 e. The number of rotatable bonds is 4. The number of benzene rings is 2. The van der Waals surface area contributed by atoms with Crippen molar-refractivity contribution >= 4 is 16.9 Å². The first kappa shape index (κ1) is 19.4. The van der Waals surface area contributed by atoms with Gasteiger partial charge in [0, 0.05) is 0 Å². The molecule has 0 atom stereocenters. The number of carboxylic acid groups (broad SMARTS) is 1. The summed E-state index contributed by atoms with van der Waals surface area (Å²) in [6.45, 7) is 3.49. The van der Waals surface area contributed by atoms with E-state index in [1.807, 2.05) is 0 Å². The Labute approximate surface area is 156 Å². The second-order valence-electron chi connectivity index (χ2n) is 6.26. The minimum absolute atomic E-state index is 0.0107. The van der Waals surface area contributed by atoms with Gasteiger partial charge in [-0.3, -0.25) is 4.79 Å². The van der Waals surface area contributed by atoms with Gasteiger partial charge >= 0.3 is 12.1 Å². The fraction of sp³-hybridized carbons (Fsp3) is 0.211. The van der Waals surface area contributed by atoms with Crippen molar-refractivity contribution in [1.29, 1.82) is 0 Å². The highest BCUT2D eigenvalue weighted by molar-refractivity contribution is 5.93. The molecule has 1 heterocycles. The van der Waals surface area contributed by atoms with Crippen LogP contribution in [0.1, 0.15) is 29.9 Å². The molecule has 0 spiro atoms. The molecule has 0 aliphatic carbocycles. The topological polar surface area (TPSA) is 81.4 Å². The Bertz CT molecular complexity index is 1100. The molecule has 0 saturated carbocycles. The van der Waals surface area contributed by atoms with Gasteiger partial charge < -0.3 is 9.84 Å². The SMILES string of the molecule is CC(C)Oc1cccc2c1c(=O)c(C(=O)O)nn2-c1ccc(C(F)(F)F)cc1. The maximum atomic E-state index is 12.8. The maximum absolute atomic E-state index is 12.8. The molecule has 0 unspecified atom stereocenters. The quantitative estimate of drug-likeness (QED) is 0.729. The molecule has 0 aliphatic heterocycles. The van der Waals surface area contributed by atoms with E-state index in [4.69, 9.17) is 4.74 Å². The Hall–Kier alpha value is -3.36. The van der Waals surface area contributed by atoms with Crippen LogP contribution in [0.15, 0.2) is 47.3 Å². The third kappa shape index (κ3) is 3.55. The molecule has 1 N–H and O–H groups in total. The summed E-state index contributed by atoms with van der Waals surface area (Å²) in [4.78, 5) is 24.2. The zero-order valence-electron chi connectivity index (χ0n) is 14.8. The van der Waals surface area contributed by atoms with Gasteiger partial charge in [0.15, 0.2) is 0 Å². The van der Waals surface area contributed by atoms with E-state index in [-0.39, 0.29) is 28.4 Å². The molecule has 2 aromatic carbocycles. The third-order valence-corrected chi connectivity index (χ3v) is 3.88. The first-order valence-electron chi connectivity index (χ1n) is 8.23. The minimum atomic E-state index is -4.51. The van der Waals surface area contributed by atoms with Gasteiger partial charge in [-0.15, -0.1) is 0 Å². The number of carboxylic acids is 1. The summed E-state index contributed by atoms with van der Waals surface area (Å²) in [5.74, 6) is -1.38. The number of fused-ring (bicyclic) bond motifs is 1. The fourth-order valence-corrected chi connectivity index (χ4v) is 2.72. The van der Waals surface area contributed by atoms with Crippen LogP contribution in [0.3, 0.4) is 0 Å². The van der Waals surface area contributed by atoms with Crippen LogP contribution in [0.25, 0.3) is 16.6 Å². The van der Waals surface area contributed by atoms with Crippen molar-refractivity contribution in [1.82, 2.24) is 9.78 Å². The average Bonchev–Trinajstić information content (AvgIpc) is 2.60. The van der Waals surface area contributed by atoms with E-state index in [0.29, 0.717) is 0 Å². The highest BCUT2D eigenvalue weighted by Crippen LogP contribution is 2.30. The molecule has 0 amide bonds. The second-order valence-corrected chi connectivity index (χ2v) is 6.26. The van der Waals surface area contributed by atoms with Crippen LogP contribution in [0.4, 0.5) is 13.2 Å². The summed E-state index contributed by atoms with van der Waals surface area (Å²) in [7, 11) is 0. The van der Waals surface area contributed by atoms with E-state index in [1.165, 1.54) is 12.1 Å². The van der Waals surface area contributed by atoms with Crippen LogP contribution >= 0.6 is 0 Å². The lowest BCUT2D eigenvalue weighted by molar-refractivity contribution is -0.137. The highest BCUT2D eigenvalue weighted by atomic mass is 19.4. The first-order valence-corrected chi connectivity index (χ1v) is 8.23. The van der Waals surface area contributed by atoms with Crippen molar-refractivity contribution in [3.8, 4) is 11.4 Å². The lowest BCUT2D eigenvalue weighted by atomic mass is 10.1. The summed E-state index contributed by atoms with van der Waals surface area (Å²) in [6, 6.07) is 8.64. The number of halogens is 3. The number of alkyl halides is 3. The Morgan fingerprint density at radius 3 is 2.32 bits per heavy atom. The standard InChI is InChI=1S/C19H15F3N2O4/c1-10(2)28-14-5-3-4-13-15(14)17(25)16(18(26)27)23-24(13)12-8-6-11(7-9-12)19(20,21)22/h3-10H,1-2H3,(H,26,27). The number of nitrogens with zero attached hydrogens (tertiary/aromatic N) is 2. The van der Waals surface area contributed by atoms with Gasteiger partial charge in [-0.1, -0.05) is 6.07 Å². The largest absolute Gasteiger partial charge is 0.490 e. The summed E-state index contributed by atoms with van der Waals surface area (Å²) in [5.41, 5.74) is -2.06. The van der Waals surface area contributed by atoms with Gasteiger partial charge in [-0.05, 0) is 50.2 Å². The Kier molecular flexibility index (Phi) is 4.84. The van der Waals surface area contributed by atoms with E-state index in [9.17, 15) is 27.9 Å². The van der Waals surface area contributed by atoms with Crippen molar-refractivity contribution < 1.29 is 27.8 Å². The number of aromatic nitrogens is 2. The predicted molar refractivity (Wildman–Crippen MR) is 95.1 cm³/mol. The fourth-order valence-electron chi connectivity index (χ4n) is 2.72. The normalized spacial score (nSPS) is 11.8. The lowest BCUT2D eigenvalue weighted by Gasteiger charge is -2.16. The summed E-state index contributed by atoms with van der Waals surface area (Å²) >= 11 is 0. The van der Waals surface area contributed by atoms with Gasteiger partial charge in [0.25, 0.3) is 0 Å². The van der Waals surface area contributed by atoms with Crippen molar-refractivity contribution in [2.24, 2.45) is 0 Å². The van der Waals surface area contributed by atoms with Crippen molar-refractivity contribution in [3.05, 3.63) is 63.9 Å². The molecule has 9 heteroatoms. The molecule has 0 radical (unpaired) electrons. The van der Waals surface area contributed by atoms with Crippen LogP contribution in [0, 0.1) is 0 Å². The van der Waals surface area contributed by atoms with Crippen molar-refractivity contribution in [3.63, 3.8) is 0 Å². The Morgan fingerprint density at radius 1 is 1.14 bits per heavy atom. The van der Waals surface area contributed by atoms with Gasteiger partial charge in [0.2, 0.25) is 11.1 Å². The molecular weight excluding hydrogens is 377 g/mol. The van der Waals surface area contributed by atoms with Gasteiger partial charge in [-0.2, -0.15) is 18.3 Å². The average molecular weight is 392 g/mol. The third-order valence-electron chi connectivity index (χ3n) is 3.88. The highest BCUT2D eigenvalue weighted by Gasteiger charge is 2.30. The summed E-state index contributed by atoms with van der Waals surface area (Å²) in [6.07, 6.45) is -4.80. The van der Waals surface area contributed by atoms with Gasteiger partial charge in [-0.25, -0.2) is 9.48 Å². The van der Waals surface area contributed by atoms with Gasteiger partial charge in [0.1, 0.15) is 5.75 Å². The molecular formula is C19H15F3N2O4. The van der Waals surface area contributed by atoms with Crippen LogP contribution in [-0.4, -0.2) is 27.0 Å². The van der Waals surface area contributed by atoms with Gasteiger partial charge in [0.05, 0.1) is 28.3 Å². The van der Waals surface area contributed by atoms with E-state index in [2.05, 4.69) is 5.10 Å². The number of carbonyl (C=O) groups is 1. The molecule has 28 heavy (non-hydrogen) atoms. The summed E-state index contributed by atoms with van der Waals surface area (Å²) < 4.78 is 45.2. The van der Waals surface area contributed by atoms with Crippen molar-refractivity contribution in [2.75, 3.05) is 0 Å². The second kappa shape index (κ2) is 6.99. The number of ether oxygens (including phenoxy) is 1. The molecule has 3 aromatic rings. The van der Waals surface area contributed by atoms with Crippen LogP contribution in [-0.2, 0) is 6.18 Å².